The van der Waals surface area contributed by atoms with Crippen LogP contribution in [0, 0.1) is 5.92 Å². The summed E-state index contributed by atoms with van der Waals surface area (Å²) >= 11 is 6.38. The maximum atomic E-state index is 10.6. The number of fused-ring (bicyclic) bond motifs is 1. The summed E-state index contributed by atoms with van der Waals surface area (Å²) < 4.78 is 1.81. The fourth-order valence-corrected chi connectivity index (χ4v) is 3.64. The van der Waals surface area contributed by atoms with Crippen LogP contribution in [0.2, 0.25) is 5.02 Å². The number of hydrogen-bond donors (Lipinski definition) is 1. The number of aliphatic hydroxyl groups is 1. The molecule has 0 saturated heterocycles. The lowest BCUT2D eigenvalue weighted by Gasteiger charge is -2.18. The average Bonchev–Trinajstić information content (AvgIpc) is 3.03. The molecule has 0 spiro atoms. The lowest BCUT2D eigenvalue weighted by atomic mass is 9.95. The van der Waals surface area contributed by atoms with Crippen molar-refractivity contribution in [3.63, 3.8) is 0 Å². The first-order valence-corrected chi connectivity index (χ1v) is 7.93. The van der Waals surface area contributed by atoms with Crippen LogP contribution >= 0.6 is 11.6 Å². The molecule has 0 bridgehead atoms. The number of rotatable bonds is 4. The average molecular weight is 305 g/mol. The second-order valence-corrected chi connectivity index (χ2v) is 6.27. The van der Waals surface area contributed by atoms with Crippen LogP contribution in [0.3, 0.4) is 0 Å². The summed E-state index contributed by atoms with van der Waals surface area (Å²) in [4.78, 5) is 0. The van der Waals surface area contributed by atoms with Crippen LogP contribution in [0.1, 0.15) is 29.4 Å². The van der Waals surface area contributed by atoms with Gasteiger partial charge in [-0.25, -0.2) is 0 Å². The van der Waals surface area contributed by atoms with E-state index in [1.54, 1.807) is 0 Å². The first-order chi connectivity index (χ1) is 10.1. The Hall–Kier alpha value is -1.32. The van der Waals surface area contributed by atoms with E-state index in [0.717, 1.165) is 35.7 Å². The molecule has 0 radical (unpaired) electrons. The lowest BCUT2D eigenvalue weighted by molar-refractivity contribution is 0.111. The minimum atomic E-state index is -0.380. The lowest BCUT2D eigenvalue weighted by Crippen LogP contribution is -2.24. The largest absolute Gasteiger partial charge is 0.392 e. The van der Waals surface area contributed by atoms with E-state index in [2.05, 4.69) is 29.4 Å². The van der Waals surface area contributed by atoms with Gasteiger partial charge >= 0.3 is 0 Å². The van der Waals surface area contributed by atoms with Crippen LogP contribution < -0.4 is 0 Å². The van der Waals surface area contributed by atoms with E-state index >= 15 is 0 Å². The van der Waals surface area contributed by atoms with Crippen molar-refractivity contribution in [1.29, 1.82) is 0 Å². The molecule has 2 aromatic rings. The molecule has 0 aliphatic heterocycles. The first-order valence-electron chi connectivity index (χ1n) is 7.55. The predicted octanol–water partition coefficient (Wildman–Crippen LogP) is 2.95. The fourth-order valence-electron chi connectivity index (χ4n) is 3.27. The summed E-state index contributed by atoms with van der Waals surface area (Å²) in [6.07, 6.45) is 2.91. The highest BCUT2D eigenvalue weighted by atomic mass is 35.5. The maximum absolute atomic E-state index is 10.6. The Kier molecular flexibility index (Phi) is 4.05. The van der Waals surface area contributed by atoms with Gasteiger partial charge in [-0.15, -0.1) is 0 Å². The van der Waals surface area contributed by atoms with Crippen LogP contribution in [0.5, 0.6) is 0 Å². The number of aliphatic hydroxyl groups excluding tert-OH is 1. The van der Waals surface area contributed by atoms with Gasteiger partial charge in [0.05, 0.1) is 22.5 Å². The normalized spacial score (nSPS) is 16.2. The molecule has 1 N–H and O–H groups in total. The van der Waals surface area contributed by atoms with Crippen molar-refractivity contribution in [1.82, 2.24) is 9.78 Å². The molecule has 0 amide bonds. The molecule has 1 unspecified atom stereocenters. The molecule has 21 heavy (non-hydrogen) atoms. The summed E-state index contributed by atoms with van der Waals surface area (Å²) in [5, 5.41) is 15.7. The molecular formula is C17H21ClN2O. The number of aryl methyl sites for hydroxylation is 2. The van der Waals surface area contributed by atoms with E-state index in [4.69, 9.17) is 11.6 Å². The third-order valence-corrected chi connectivity index (χ3v) is 4.97. The quantitative estimate of drug-likeness (QED) is 0.943. The van der Waals surface area contributed by atoms with Gasteiger partial charge in [-0.05, 0) is 36.3 Å². The van der Waals surface area contributed by atoms with Gasteiger partial charge in [-0.2, -0.15) is 5.10 Å². The minimum Gasteiger partial charge on any atom is -0.392 e. The molecule has 1 aliphatic rings. The van der Waals surface area contributed by atoms with Gasteiger partial charge in [0.15, 0.2) is 0 Å². The van der Waals surface area contributed by atoms with Gasteiger partial charge in [0.25, 0.3) is 0 Å². The van der Waals surface area contributed by atoms with E-state index in [0.29, 0.717) is 6.42 Å². The molecule has 1 heterocycles. The summed E-state index contributed by atoms with van der Waals surface area (Å²) in [6, 6.07) is 8.46. The molecule has 1 aromatic carbocycles. The zero-order chi connectivity index (χ0) is 15.0. The van der Waals surface area contributed by atoms with Gasteiger partial charge in [0, 0.05) is 13.5 Å². The summed E-state index contributed by atoms with van der Waals surface area (Å²) in [7, 11) is 1.90. The van der Waals surface area contributed by atoms with Gasteiger partial charge in [-0.3, -0.25) is 4.68 Å². The van der Waals surface area contributed by atoms with Crippen molar-refractivity contribution < 1.29 is 5.11 Å². The number of nitrogens with zero attached hydrogens (tertiary/aromatic N) is 2. The second-order valence-electron chi connectivity index (χ2n) is 5.89. The van der Waals surface area contributed by atoms with Crippen LogP contribution in [0.25, 0.3) is 0 Å². The third kappa shape index (κ3) is 2.72. The Morgan fingerprint density at radius 2 is 1.95 bits per heavy atom. The molecule has 1 aromatic heterocycles. The van der Waals surface area contributed by atoms with Gasteiger partial charge in [0.1, 0.15) is 0 Å². The Bertz CT molecular complexity index is 625. The Labute approximate surface area is 130 Å². The second kappa shape index (κ2) is 5.82. The summed E-state index contributed by atoms with van der Waals surface area (Å²) in [5.74, 6) is 0.276. The Morgan fingerprint density at radius 3 is 2.48 bits per heavy atom. The van der Waals surface area contributed by atoms with Gasteiger partial charge in [0.2, 0.25) is 0 Å². The molecule has 3 nitrogen and oxygen atoms in total. The van der Waals surface area contributed by atoms with Crippen LogP contribution in [-0.4, -0.2) is 21.0 Å². The number of aromatic nitrogens is 2. The summed E-state index contributed by atoms with van der Waals surface area (Å²) in [6.45, 7) is 2.04. The molecule has 0 fully saturated rings. The molecule has 112 valence electrons. The van der Waals surface area contributed by atoms with Gasteiger partial charge in [-0.1, -0.05) is 42.8 Å². The Morgan fingerprint density at radius 1 is 1.33 bits per heavy atom. The molecule has 4 heteroatoms. The van der Waals surface area contributed by atoms with Crippen LogP contribution in [-0.2, 0) is 32.7 Å². The highest BCUT2D eigenvalue weighted by Gasteiger charge is 2.29. The molecular weight excluding hydrogens is 284 g/mol. The van der Waals surface area contributed by atoms with Crippen molar-refractivity contribution in [2.45, 2.75) is 38.7 Å². The van der Waals surface area contributed by atoms with Crippen molar-refractivity contribution in [3.8, 4) is 0 Å². The van der Waals surface area contributed by atoms with E-state index in [-0.39, 0.29) is 12.0 Å². The molecule has 0 saturated carbocycles. The van der Waals surface area contributed by atoms with Crippen molar-refractivity contribution in [2.75, 3.05) is 0 Å². The highest BCUT2D eigenvalue weighted by Crippen LogP contribution is 2.31. The fraction of sp³-hybridized carbons (Fsp3) is 0.471. The van der Waals surface area contributed by atoms with E-state index in [9.17, 15) is 5.11 Å². The monoisotopic (exact) mass is 304 g/mol. The minimum absolute atomic E-state index is 0.276. The topological polar surface area (TPSA) is 38.0 Å². The van der Waals surface area contributed by atoms with Crippen molar-refractivity contribution in [3.05, 3.63) is 51.8 Å². The number of benzene rings is 1. The van der Waals surface area contributed by atoms with E-state index < -0.39 is 0 Å². The van der Waals surface area contributed by atoms with E-state index in [1.807, 2.05) is 18.7 Å². The number of halogens is 1. The SMILES string of the molecule is CCc1nn(C)c(CC(O)C2Cc3ccccc3C2)c1Cl. The van der Waals surface area contributed by atoms with Crippen LogP contribution in [0.15, 0.2) is 24.3 Å². The zero-order valence-electron chi connectivity index (χ0n) is 12.5. The van der Waals surface area contributed by atoms with Crippen molar-refractivity contribution in [2.24, 2.45) is 13.0 Å². The summed E-state index contributed by atoms with van der Waals surface area (Å²) in [5.41, 5.74) is 4.59. The molecule has 3 rings (SSSR count). The molecule has 1 aliphatic carbocycles. The van der Waals surface area contributed by atoms with E-state index in [1.165, 1.54) is 11.1 Å². The van der Waals surface area contributed by atoms with Crippen LogP contribution in [0.4, 0.5) is 0 Å². The first kappa shape index (κ1) is 14.6. The standard InChI is InChI=1S/C17H21ClN2O/c1-3-14-17(18)15(20(2)19-14)10-16(21)13-8-11-6-4-5-7-12(11)9-13/h4-7,13,16,21H,3,8-10H2,1-2H3. The maximum Gasteiger partial charge on any atom is 0.0850 e. The number of hydrogen-bond acceptors (Lipinski definition) is 2. The smallest absolute Gasteiger partial charge is 0.0850 e. The highest BCUT2D eigenvalue weighted by molar-refractivity contribution is 6.31. The van der Waals surface area contributed by atoms with Gasteiger partial charge < -0.3 is 5.11 Å². The predicted molar refractivity (Wildman–Crippen MR) is 84.6 cm³/mol. The molecule has 1 atom stereocenters. The Balaban J connectivity index is 1.74. The third-order valence-electron chi connectivity index (χ3n) is 4.53. The zero-order valence-corrected chi connectivity index (χ0v) is 13.3. The van der Waals surface area contributed by atoms with Crippen molar-refractivity contribution >= 4 is 11.6 Å².